The van der Waals surface area contributed by atoms with Gasteiger partial charge >= 0.3 is 0 Å². The Balaban J connectivity index is 1.44. The Morgan fingerprint density at radius 2 is 2.08 bits per heavy atom. The molecule has 3 aromatic rings. The highest BCUT2D eigenvalue weighted by molar-refractivity contribution is 5.77. The summed E-state index contributed by atoms with van der Waals surface area (Å²) in [6.07, 6.45) is 1.96. The molecule has 1 aliphatic carbocycles. The van der Waals surface area contributed by atoms with E-state index in [9.17, 15) is 4.79 Å². The highest BCUT2D eigenvalue weighted by atomic mass is 16.1. The third kappa shape index (κ3) is 3.13. The van der Waals surface area contributed by atoms with Crippen LogP contribution in [0.25, 0.3) is 10.9 Å². The Kier molecular flexibility index (Phi) is 4.52. The van der Waals surface area contributed by atoms with Crippen LogP contribution in [0.3, 0.4) is 0 Å². The lowest BCUT2D eigenvalue weighted by Crippen LogP contribution is -2.36. The summed E-state index contributed by atoms with van der Waals surface area (Å²) in [5.74, 6) is 2.96. The molecular weight excluding hydrogens is 330 g/mol. The first kappa shape index (κ1) is 16.9. The molecular formula is C18H23N7O. The van der Waals surface area contributed by atoms with Crippen molar-refractivity contribution in [3.05, 3.63) is 52.1 Å². The molecule has 8 nitrogen and oxygen atoms in total. The lowest BCUT2D eigenvalue weighted by atomic mass is 9.80. The van der Waals surface area contributed by atoms with Crippen LogP contribution in [0.15, 0.2) is 29.1 Å². The molecule has 8 heteroatoms. The second kappa shape index (κ2) is 6.97. The molecule has 0 unspecified atom stereocenters. The molecule has 1 aromatic carbocycles. The van der Waals surface area contributed by atoms with Crippen molar-refractivity contribution in [3.8, 4) is 0 Å². The highest BCUT2D eigenvalue weighted by Gasteiger charge is 2.31. The second-order valence-electron chi connectivity index (χ2n) is 6.78. The monoisotopic (exact) mass is 353 g/mol. The first-order valence-electron chi connectivity index (χ1n) is 9.02. The molecule has 0 saturated heterocycles. The molecule has 1 saturated carbocycles. The molecule has 0 aliphatic heterocycles. The smallest absolute Gasteiger partial charge is 0.258 e. The van der Waals surface area contributed by atoms with Crippen LogP contribution in [-0.4, -0.2) is 30.8 Å². The van der Waals surface area contributed by atoms with Crippen molar-refractivity contribution >= 4 is 10.9 Å². The molecule has 0 spiro atoms. The van der Waals surface area contributed by atoms with Gasteiger partial charge in [0.05, 0.1) is 24.0 Å². The van der Waals surface area contributed by atoms with Crippen molar-refractivity contribution in [1.82, 2.24) is 30.0 Å². The summed E-state index contributed by atoms with van der Waals surface area (Å²) >= 11 is 0. The second-order valence-corrected chi connectivity index (χ2v) is 6.78. The van der Waals surface area contributed by atoms with Crippen LogP contribution in [0.1, 0.15) is 43.2 Å². The number of hydrogen-bond donors (Lipinski definition) is 3. The molecule has 2 aromatic heterocycles. The lowest BCUT2D eigenvalue weighted by molar-refractivity contribution is 0.328. The van der Waals surface area contributed by atoms with Gasteiger partial charge in [-0.3, -0.25) is 4.79 Å². The fourth-order valence-corrected chi connectivity index (χ4v) is 3.51. The number of fused-ring (bicyclic) bond motifs is 1. The maximum Gasteiger partial charge on any atom is 0.258 e. The number of hydrogen-bond acceptors (Lipinski definition) is 6. The molecule has 26 heavy (non-hydrogen) atoms. The predicted octanol–water partition coefficient (Wildman–Crippen LogP) is 1.03. The first-order chi connectivity index (χ1) is 12.7. The van der Waals surface area contributed by atoms with Crippen LogP contribution in [0.4, 0.5) is 0 Å². The minimum atomic E-state index is -0.118. The van der Waals surface area contributed by atoms with Crippen LogP contribution < -0.4 is 16.6 Å². The number of nitrogens with two attached hydrogens (primary N) is 1. The van der Waals surface area contributed by atoms with E-state index in [0.717, 1.165) is 31.0 Å². The predicted molar refractivity (Wildman–Crippen MR) is 98.6 cm³/mol. The third-order valence-corrected chi connectivity index (χ3v) is 4.95. The summed E-state index contributed by atoms with van der Waals surface area (Å²) in [7, 11) is 0. The summed E-state index contributed by atoms with van der Waals surface area (Å²) in [6, 6.07) is 7.62. The standard InChI is InChI=1S/C18H23N7O/c1-2-25-16(23-24-17(25)11-7-12(19)8-11)10-20-9-15-21-14-6-4-3-5-13(14)18(26)22-15/h3-6,11-12,20H,2,7-10,19H2,1H3,(H,21,22,26). The van der Waals surface area contributed by atoms with Crippen molar-refractivity contribution in [3.63, 3.8) is 0 Å². The number of aromatic nitrogens is 5. The Morgan fingerprint density at radius 1 is 1.27 bits per heavy atom. The van der Waals surface area contributed by atoms with Crippen molar-refractivity contribution < 1.29 is 0 Å². The van der Waals surface area contributed by atoms with Crippen LogP contribution in [0, 0.1) is 0 Å². The van der Waals surface area contributed by atoms with Crippen molar-refractivity contribution in [2.24, 2.45) is 5.73 Å². The van der Waals surface area contributed by atoms with E-state index in [2.05, 4.69) is 37.0 Å². The maximum absolute atomic E-state index is 12.1. The van der Waals surface area contributed by atoms with E-state index in [-0.39, 0.29) is 5.56 Å². The normalized spacial score (nSPS) is 19.6. The Bertz CT molecular complexity index is 971. The SMILES string of the molecule is CCn1c(CNCc2nc3ccccc3c(=O)[nH]2)nnc1C1CC(N)C1. The zero-order valence-electron chi connectivity index (χ0n) is 14.8. The van der Waals surface area contributed by atoms with Gasteiger partial charge in [0.2, 0.25) is 0 Å². The minimum absolute atomic E-state index is 0.118. The minimum Gasteiger partial charge on any atom is -0.328 e. The van der Waals surface area contributed by atoms with E-state index in [1.54, 1.807) is 6.07 Å². The van der Waals surface area contributed by atoms with Gasteiger partial charge in [-0.15, -0.1) is 10.2 Å². The highest BCUT2D eigenvalue weighted by Crippen LogP contribution is 2.34. The molecule has 4 rings (SSSR count). The Morgan fingerprint density at radius 3 is 2.85 bits per heavy atom. The summed E-state index contributed by atoms with van der Waals surface area (Å²) in [5, 5.41) is 12.6. The van der Waals surface area contributed by atoms with E-state index >= 15 is 0 Å². The van der Waals surface area contributed by atoms with Crippen LogP contribution >= 0.6 is 0 Å². The van der Waals surface area contributed by atoms with E-state index in [1.165, 1.54) is 0 Å². The summed E-state index contributed by atoms with van der Waals surface area (Å²) in [6.45, 7) is 3.95. The van der Waals surface area contributed by atoms with Gasteiger partial charge in [-0.2, -0.15) is 0 Å². The quantitative estimate of drug-likeness (QED) is 0.610. The fourth-order valence-electron chi connectivity index (χ4n) is 3.51. The number of para-hydroxylation sites is 1. The first-order valence-corrected chi connectivity index (χ1v) is 9.02. The van der Waals surface area contributed by atoms with E-state index in [1.807, 2.05) is 18.2 Å². The number of nitrogens with zero attached hydrogens (tertiary/aromatic N) is 4. The van der Waals surface area contributed by atoms with Gasteiger partial charge in [-0.05, 0) is 31.9 Å². The molecule has 1 aliphatic rings. The molecule has 2 heterocycles. The van der Waals surface area contributed by atoms with Crippen LogP contribution in [-0.2, 0) is 19.6 Å². The van der Waals surface area contributed by atoms with Gasteiger partial charge in [0.25, 0.3) is 5.56 Å². The van der Waals surface area contributed by atoms with Crippen LogP contribution in [0.5, 0.6) is 0 Å². The molecule has 0 amide bonds. The fraction of sp³-hybridized carbons (Fsp3) is 0.444. The number of rotatable bonds is 6. The van der Waals surface area contributed by atoms with Gasteiger partial charge < -0.3 is 20.6 Å². The number of nitrogens with one attached hydrogen (secondary N) is 2. The molecule has 0 atom stereocenters. The molecule has 0 radical (unpaired) electrons. The van der Waals surface area contributed by atoms with E-state index in [0.29, 0.717) is 41.8 Å². The average molecular weight is 353 g/mol. The third-order valence-electron chi connectivity index (χ3n) is 4.95. The van der Waals surface area contributed by atoms with Gasteiger partial charge in [-0.25, -0.2) is 4.98 Å². The topological polar surface area (TPSA) is 115 Å². The van der Waals surface area contributed by atoms with Crippen molar-refractivity contribution in [2.75, 3.05) is 0 Å². The maximum atomic E-state index is 12.1. The number of aromatic amines is 1. The van der Waals surface area contributed by atoms with E-state index < -0.39 is 0 Å². The van der Waals surface area contributed by atoms with Gasteiger partial charge in [-0.1, -0.05) is 12.1 Å². The van der Waals surface area contributed by atoms with E-state index in [4.69, 9.17) is 5.73 Å². The van der Waals surface area contributed by atoms with Gasteiger partial charge in [0, 0.05) is 18.5 Å². The zero-order chi connectivity index (χ0) is 18.1. The zero-order valence-corrected chi connectivity index (χ0v) is 14.8. The van der Waals surface area contributed by atoms with Gasteiger partial charge in [0.1, 0.15) is 17.5 Å². The summed E-state index contributed by atoms with van der Waals surface area (Å²) in [5.41, 5.74) is 6.48. The summed E-state index contributed by atoms with van der Waals surface area (Å²) in [4.78, 5) is 19.4. The molecule has 0 bridgehead atoms. The number of H-pyrrole nitrogens is 1. The largest absolute Gasteiger partial charge is 0.328 e. The number of benzene rings is 1. The molecule has 136 valence electrons. The Labute approximate surface area is 150 Å². The Hall–Kier alpha value is -2.58. The van der Waals surface area contributed by atoms with Crippen LogP contribution in [0.2, 0.25) is 0 Å². The van der Waals surface area contributed by atoms with Crippen molar-refractivity contribution in [2.45, 2.75) is 51.4 Å². The van der Waals surface area contributed by atoms with Gasteiger partial charge in [0.15, 0.2) is 0 Å². The molecule has 1 fully saturated rings. The molecule has 4 N–H and O–H groups in total. The van der Waals surface area contributed by atoms with Crippen molar-refractivity contribution in [1.29, 1.82) is 0 Å². The average Bonchev–Trinajstić information content (AvgIpc) is 3.01. The lowest BCUT2D eigenvalue weighted by Gasteiger charge is -2.31. The summed E-state index contributed by atoms with van der Waals surface area (Å²) < 4.78 is 2.15.